The van der Waals surface area contributed by atoms with Crippen molar-refractivity contribution in [1.29, 1.82) is 0 Å². The standard InChI is InChI=1S/C15H22F3N5O/c1-3-21(4-2)12-5-6-13(20-19-12)22-7-9-23(10-8-22)14(24)11-15(16,17)18/h5-6H,3-4,7-11H2,1-2H3. The number of aromatic nitrogens is 2. The SMILES string of the molecule is CCN(CC)c1ccc(N2CCN(C(=O)CC(F)(F)F)CC2)nn1. The van der Waals surface area contributed by atoms with Crippen molar-refractivity contribution in [3.63, 3.8) is 0 Å². The number of alkyl halides is 3. The molecule has 0 saturated carbocycles. The molecule has 1 saturated heterocycles. The summed E-state index contributed by atoms with van der Waals surface area (Å²) in [6.45, 7) is 7.16. The molecular formula is C15H22F3N5O. The van der Waals surface area contributed by atoms with E-state index in [4.69, 9.17) is 0 Å². The molecule has 0 atom stereocenters. The Balaban J connectivity index is 1.91. The molecule has 0 unspecified atom stereocenters. The van der Waals surface area contributed by atoms with Crippen molar-refractivity contribution in [2.45, 2.75) is 26.4 Å². The van der Waals surface area contributed by atoms with Crippen LogP contribution in [0.2, 0.25) is 0 Å². The van der Waals surface area contributed by atoms with Crippen molar-refractivity contribution in [3.8, 4) is 0 Å². The average Bonchev–Trinajstić information content (AvgIpc) is 2.55. The van der Waals surface area contributed by atoms with E-state index in [2.05, 4.69) is 15.1 Å². The van der Waals surface area contributed by atoms with E-state index in [9.17, 15) is 18.0 Å². The van der Waals surface area contributed by atoms with Crippen molar-refractivity contribution < 1.29 is 18.0 Å². The lowest BCUT2D eigenvalue weighted by Crippen LogP contribution is -2.49. The average molecular weight is 345 g/mol. The van der Waals surface area contributed by atoms with E-state index < -0.39 is 18.5 Å². The zero-order chi connectivity index (χ0) is 17.7. The van der Waals surface area contributed by atoms with Crippen LogP contribution in [0.15, 0.2) is 12.1 Å². The minimum absolute atomic E-state index is 0.258. The van der Waals surface area contributed by atoms with E-state index in [1.54, 1.807) is 0 Å². The smallest absolute Gasteiger partial charge is 0.356 e. The first-order chi connectivity index (χ1) is 11.3. The highest BCUT2D eigenvalue weighted by molar-refractivity contribution is 5.77. The maximum absolute atomic E-state index is 12.3. The van der Waals surface area contributed by atoms with E-state index in [0.717, 1.165) is 18.9 Å². The minimum atomic E-state index is -4.46. The van der Waals surface area contributed by atoms with Crippen LogP contribution in [0.3, 0.4) is 0 Å². The fraction of sp³-hybridized carbons (Fsp3) is 0.667. The van der Waals surface area contributed by atoms with Gasteiger partial charge < -0.3 is 14.7 Å². The van der Waals surface area contributed by atoms with Gasteiger partial charge in [-0.2, -0.15) is 13.2 Å². The number of rotatable bonds is 5. The first kappa shape index (κ1) is 18.3. The van der Waals surface area contributed by atoms with Crippen LogP contribution >= 0.6 is 0 Å². The highest BCUT2D eigenvalue weighted by atomic mass is 19.4. The lowest BCUT2D eigenvalue weighted by Gasteiger charge is -2.35. The van der Waals surface area contributed by atoms with Crippen LogP contribution < -0.4 is 9.80 Å². The number of halogens is 3. The van der Waals surface area contributed by atoms with Crippen molar-refractivity contribution in [3.05, 3.63) is 12.1 Å². The van der Waals surface area contributed by atoms with Gasteiger partial charge in [0.25, 0.3) is 0 Å². The van der Waals surface area contributed by atoms with Gasteiger partial charge in [-0.05, 0) is 26.0 Å². The van der Waals surface area contributed by atoms with Crippen LogP contribution in [0.25, 0.3) is 0 Å². The molecule has 0 N–H and O–H groups in total. The summed E-state index contributed by atoms with van der Waals surface area (Å²) in [6.07, 6.45) is -5.86. The largest absolute Gasteiger partial charge is 0.397 e. The van der Waals surface area contributed by atoms with Gasteiger partial charge in [0.05, 0.1) is 0 Å². The second kappa shape index (κ2) is 7.67. The molecule has 2 heterocycles. The highest BCUT2D eigenvalue weighted by Gasteiger charge is 2.34. The highest BCUT2D eigenvalue weighted by Crippen LogP contribution is 2.22. The first-order valence-corrected chi connectivity index (χ1v) is 8.02. The molecule has 24 heavy (non-hydrogen) atoms. The molecule has 0 bridgehead atoms. The predicted octanol–water partition coefficient (Wildman–Crippen LogP) is 1.92. The predicted molar refractivity (Wildman–Crippen MR) is 85.1 cm³/mol. The van der Waals surface area contributed by atoms with Gasteiger partial charge in [-0.1, -0.05) is 0 Å². The van der Waals surface area contributed by atoms with Crippen molar-refractivity contribution in [2.75, 3.05) is 49.1 Å². The number of hydrogen-bond donors (Lipinski definition) is 0. The Hall–Kier alpha value is -2.06. The monoisotopic (exact) mass is 345 g/mol. The fourth-order valence-corrected chi connectivity index (χ4v) is 2.67. The summed E-state index contributed by atoms with van der Waals surface area (Å²) in [5.74, 6) is 0.599. The van der Waals surface area contributed by atoms with Crippen LogP contribution in [0.4, 0.5) is 24.8 Å². The molecule has 0 aliphatic carbocycles. The van der Waals surface area contributed by atoms with Gasteiger partial charge in [0.15, 0.2) is 11.6 Å². The van der Waals surface area contributed by atoms with E-state index in [-0.39, 0.29) is 13.1 Å². The fourth-order valence-electron chi connectivity index (χ4n) is 2.67. The lowest BCUT2D eigenvalue weighted by atomic mass is 10.2. The second-order valence-corrected chi connectivity index (χ2v) is 5.58. The lowest BCUT2D eigenvalue weighted by molar-refractivity contribution is -0.161. The van der Waals surface area contributed by atoms with Gasteiger partial charge in [0.1, 0.15) is 6.42 Å². The molecular weight excluding hydrogens is 323 g/mol. The molecule has 0 radical (unpaired) electrons. The molecule has 0 spiro atoms. The molecule has 1 aromatic rings. The number of amides is 1. The maximum atomic E-state index is 12.3. The topological polar surface area (TPSA) is 52.6 Å². The molecule has 1 fully saturated rings. The molecule has 1 aliphatic rings. The number of carbonyl (C=O) groups is 1. The molecule has 1 aromatic heterocycles. The summed E-state index contributed by atoms with van der Waals surface area (Å²) in [5, 5.41) is 8.40. The molecule has 1 aliphatic heterocycles. The third kappa shape index (κ3) is 4.72. The Bertz CT molecular complexity index is 537. The van der Waals surface area contributed by atoms with Crippen LogP contribution in [0, 0.1) is 0 Å². The first-order valence-electron chi connectivity index (χ1n) is 8.02. The number of anilines is 2. The Morgan fingerprint density at radius 2 is 1.75 bits per heavy atom. The Morgan fingerprint density at radius 3 is 2.21 bits per heavy atom. The Kier molecular flexibility index (Phi) is 5.84. The third-order valence-electron chi connectivity index (χ3n) is 4.03. The summed E-state index contributed by atoms with van der Waals surface area (Å²) in [4.78, 5) is 16.8. The normalized spacial score (nSPS) is 15.5. The zero-order valence-corrected chi connectivity index (χ0v) is 13.9. The van der Waals surface area contributed by atoms with Crippen molar-refractivity contribution in [2.24, 2.45) is 0 Å². The molecule has 0 aromatic carbocycles. The van der Waals surface area contributed by atoms with Gasteiger partial charge in [-0.25, -0.2) is 0 Å². The van der Waals surface area contributed by atoms with E-state index in [1.807, 2.05) is 30.9 Å². The summed E-state index contributed by atoms with van der Waals surface area (Å²) in [5.41, 5.74) is 0. The van der Waals surface area contributed by atoms with Crippen LogP contribution in [0.5, 0.6) is 0 Å². The Labute approximate surface area is 139 Å². The quantitative estimate of drug-likeness (QED) is 0.816. The summed E-state index contributed by atoms with van der Waals surface area (Å²) in [6, 6.07) is 3.74. The maximum Gasteiger partial charge on any atom is 0.397 e. The van der Waals surface area contributed by atoms with Gasteiger partial charge in [-0.3, -0.25) is 4.79 Å². The summed E-state index contributed by atoms with van der Waals surface area (Å²) < 4.78 is 36.9. The van der Waals surface area contributed by atoms with Crippen molar-refractivity contribution >= 4 is 17.5 Å². The van der Waals surface area contributed by atoms with Crippen molar-refractivity contribution in [1.82, 2.24) is 15.1 Å². The molecule has 134 valence electrons. The van der Waals surface area contributed by atoms with Crippen LogP contribution in [0.1, 0.15) is 20.3 Å². The third-order valence-corrected chi connectivity index (χ3v) is 4.03. The summed E-state index contributed by atoms with van der Waals surface area (Å²) >= 11 is 0. The van der Waals surface area contributed by atoms with Gasteiger partial charge in [-0.15, -0.1) is 10.2 Å². The minimum Gasteiger partial charge on any atom is -0.356 e. The second-order valence-electron chi connectivity index (χ2n) is 5.58. The van der Waals surface area contributed by atoms with Crippen LogP contribution in [-0.2, 0) is 4.79 Å². The van der Waals surface area contributed by atoms with Gasteiger partial charge in [0, 0.05) is 39.3 Å². The number of carbonyl (C=O) groups excluding carboxylic acids is 1. The number of nitrogens with zero attached hydrogens (tertiary/aromatic N) is 5. The molecule has 9 heteroatoms. The number of hydrogen-bond acceptors (Lipinski definition) is 5. The number of piperazine rings is 1. The summed E-state index contributed by atoms with van der Waals surface area (Å²) in [7, 11) is 0. The zero-order valence-electron chi connectivity index (χ0n) is 13.9. The van der Waals surface area contributed by atoms with Crippen LogP contribution in [-0.4, -0.2) is 66.4 Å². The molecule has 2 rings (SSSR count). The van der Waals surface area contributed by atoms with Gasteiger partial charge >= 0.3 is 6.18 Å². The van der Waals surface area contributed by atoms with E-state index in [0.29, 0.717) is 18.9 Å². The molecule has 1 amide bonds. The van der Waals surface area contributed by atoms with Gasteiger partial charge in [0.2, 0.25) is 5.91 Å². The Morgan fingerprint density at radius 1 is 1.12 bits per heavy atom. The van der Waals surface area contributed by atoms with E-state index in [1.165, 1.54) is 4.90 Å². The van der Waals surface area contributed by atoms with E-state index >= 15 is 0 Å². The molecule has 6 nitrogen and oxygen atoms in total.